The van der Waals surface area contributed by atoms with E-state index in [9.17, 15) is 4.79 Å². The van der Waals surface area contributed by atoms with Crippen LogP contribution in [0, 0.1) is 6.92 Å². The summed E-state index contributed by atoms with van der Waals surface area (Å²) in [5.74, 6) is 2.67. The van der Waals surface area contributed by atoms with Gasteiger partial charge in [-0.1, -0.05) is 6.07 Å². The Hall–Kier alpha value is -3.62. The second-order valence-electron chi connectivity index (χ2n) is 7.45. The maximum absolute atomic E-state index is 12.9. The van der Waals surface area contributed by atoms with Gasteiger partial charge >= 0.3 is 0 Å². The molecule has 0 bridgehead atoms. The third kappa shape index (κ3) is 4.60. The molecule has 1 unspecified atom stereocenters. The lowest BCUT2D eigenvalue weighted by Crippen LogP contribution is -2.52. The molecular weight excluding hydrogens is 396 g/mol. The summed E-state index contributed by atoms with van der Waals surface area (Å²) in [4.78, 5) is 20.9. The van der Waals surface area contributed by atoms with Crippen molar-refractivity contribution in [1.82, 2.24) is 24.6 Å². The summed E-state index contributed by atoms with van der Waals surface area (Å²) in [5, 5.41) is 8.60. The van der Waals surface area contributed by atoms with E-state index in [1.165, 1.54) is 0 Å². The summed E-state index contributed by atoms with van der Waals surface area (Å²) < 4.78 is 13.1. The Morgan fingerprint density at radius 1 is 1.03 bits per heavy atom. The molecule has 4 rings (SSSR count). The molecule has 0 aliphatic carbocycles. The molecule has 0 N–H and O–H groups in total. The molecule has 1 fully saturated rings. The smallest absolute Gasteiger partial charge is 0.263 e. The standard InChI is InChI=1S/C22H26N6O3/c1-16-4-5-18(19(14-16)30-3)31-17(2)22(29)27-12-10-26(11-13-27)20-6-7-21(25-24-20)28-9-8-23-15-28/h4-9,14-15,17H,10-13H2,1-3H3. The van der Waals surface area contributed by atoms with E-state index in [-0.39, 0.29) is 5.91 Å². The quantitative estimate of drug-likeness (QED) is 0.601. The van der Waals surface area contributed by atoms with Gasteiger partial charge in [-0.2, -0.15) is 0 Å². The summed E-state index contributed by atoms with van der Waals surface area (Å²) in [6.45, 7) is 6.33. The average Bonchev–Trinajstić information content (AvgIpc) is 3.35. The van der Waals surface area contributed by atoms with Crippen molar-refractivity contribution in [3.63, 3.8) is 0 Å². The molecule has 1 amide bonds. The average molecular weight is 422 g/mol. The molecule has 31 heavy (non-hydrogen) atoms. The SMILES string of the molecule is COc1cc(C)ccc1OC(C)C(=O)N1CCN(c2ccc(-n3ccnc3)nn2)CC1. The number of carbonyl (C=O) groups excluding carboxylic acids is 1. The Morgan fingerprint density at radius 3 is 2.42 bits per heavy atom. The highest BCUT2D eigenvalue weighted by atomic mass is 16.5. The predicted molar refractivity (Wildman–Crippen MR) is 116 cm³/mol. The van der Waals surface area contributed by atoms with Gasteiger partial charge in [-0.3, -0.25) is 9.36 Å². The minimum absolute atomic E-state index is 0.0381. The van der Waals surface area contributed by atoms with Crippen LogP contribution in [0.4, 0.5) is 5.82 Å². The lowest BCUT2D eigenvalue weighted by atomic mass is 10.2. The van der Waals surface area contributed by atoms with Crippen LogP contribution in [0.25, 0.3) is 5.82 Å². The third-order valence-electron chi connectivity index (χ3n) is 5.29. The molecule has 1 aromatic carbocycles. The van der Waals surface area contributed by atoms with Crippen LogP contribution in [0.3, 0.4) is 0 Å². The second-order valence-corrected chi connectivity index (χ2v) is 7.45. The summed E-state index contributed by atoms with van der Waals surface area (Å²) >= 11 is 0. The molecule has 1 saturated heterocycles. The fourth-order valence-electron chi connectivity index (χ4n) is 3.55. The van der Waals surface area contributed by atoms with E-state index in [2.05, 4.69) is 20.1 Å². The normalized spacial score (nSPS) is 14.9. The summed E-state index contributed by atoms with van der Waals surface area (Å²) in [7, 11) is 1.60. The Morgan fingerprint density at radius 2 is 1.77 bits per heavy atom. The van der Waals surface area contributed by atoms with E-state index in [1.54, 1.807) is 31.1 Å². The number of rotatable bonds is 6. The molecule has 9 nitrogen and oxygen atoms in total. The molecule has 2 aromatic heterocycles. The number of imidazole rings is 1. The van der Waals surface area contributed by atoms with Crippen molar-refractivity contribution >= 4 is 11.7 Å². The van der Waals surface area contributed by atoms with Crippen molar-refractivity contribution < 1.29 is 14.3 Å². The van der Waals surface area contributed by atoms with Crippen LogP contribution >= 0.6 is 0 Å². The van der Waals surface area contributed by atoms with E-state index >= 15 is 0 Å². The molecule has 9 heteroatoms. The first kappa shape index (κ1) is 20.6. The summed E-state index contributed by atoms with van der Waals surface area (Å²) in [6.07, 6.45) is 4.61. The van der Waals surface area contributed by atoms with Gasteiger partial charge in [-0.05, 0) is 43.7 Å². The van der Waals surface area contributed by atoms with E-state index in [1.807, 2.05) is 48.4 Å². The number of carbonyl (C=O) groups is 1. The molecule has 0 saturated carbocycles. The number of amides is 1. The number of hydrogen-bond acceptors (Lipinski definition) is 7. The number of hydrogen-bond donors (Lipinski definition) is 0. The van der Waals surface area contributed by atoms with Crippen molar-refractivity contribution in [1.29, 1.82) is 0 Å². The lowest BCUT2D eigenvalue weighted by molar-refractivity contribution is -0.138. The molecular formula is C22H26N6O3. The van der Waals surface area contributed by atoms with Gasteiger partial charge in [0.1, 0.15) is 6.33 Å². The van der Waals surface area contributed by atoms with Gasteiger partial charge in [0, 0.05) is 38.6 Å². The van der Waals surface area contributed by atoms with Gasteiger partial charge in [0.05, 0.1) is 7.11 Å². The fraction of sp³-hybridized carbons (Fsp3) is 0.364. The number of aromatic nitrogens is 4. The van der Waals surface area contributed by atoms with Crippen molar-refractivity contribution in [2.75, 3.05) is 38.2 Å². The Bertz CT molecular complexity index is 1010. The summed E-state index contributed by atoms with van der Waals surface area (Å²) in [5.41, 5.74) is 1.07. The molecule has 0 spiro atoms. The second kappa shape index (κ2) is 9.03. The molecule has 1 aliphatic heterocycles. The molecule has 3 aromatic rings. The molecule has 1 atom stereocenters. The number of aryl methyl sites for hydroxylation is 1. The minimum Gasteiger partial charge on any atom is -0.493 e. The number of methoxy groups -OCH3 is 1. The van der Waals surface area contributed by atoms with Crippen LogP contribution in [0.5, 0.6) is 11.5 Å². The third-order valence-corrected chi connectivity index (χ3v) is 5.29. The number of nitrogens with zero attached hydrogens (tertiary/aromatic N) is 6. The van der Waals surface area contributed by atoms with Crippen LogP contribution in [-0.2, 0) is 4.79 Å². The predicted octanol–water partition coefficient (Wildman–Crippen LogP) is 2.10. The highest BCUT2D eigenvalue weighted by Crippen LogP contribution is 2.29. The van der Waals surface area contributed by atoms with E-state index in [0.29, 0.717) is 43.5 Å². The molecule has 162 valence electrons. The van der Waals surface area contributed by atoms with Gasteiger partial charge in [-0.25, -0.2) is 4.98 Å². The highest BCUT2D eigenvalue weighted by molar-refractivity contribution is 5.81. The van der Waals surface area contributed by atoms with Gasteiger partial charge < -0.3 is 19.3 Å². The van der Waals surface area contributed by atoms with Crippen molar-refractivity contribution in [2.45, 2.75) is 20.0 Å². The monoisotopic (exact) mass is 422 g/mol. The fourth-order valence-corrected chi connectivity index (χ4v) is 3.55. The first-order chi connectivity index (χ1) is 15.0. The van der Waals surface area contributed by atoms with Crippen LogP contribution < -0.4 is 14.4 Å². The minimum atomic E-state index is -0.600. The van der Waals surface area contributed by atoms with Gasteiger partial charge in [0.25, 0.3) is 5.91 Å². The van der Waals surface area contributed by atoms with Crippen molar-refractivity contribution in [3.8, 4) is 17.3 Å². The zero-order valence-corrected chi connectivity index (χ0v) is 17.9. The zero-order chi connectivity index (χ0) is 21.8. The number of benzene rings is 1. The topological polar surface area (TPSA) is 85.6 Å². The Kier molecular flexibility index (Phi) is 6.01. The van der Waals surface area contributed by atoms with Gasteiger partial charge in [-0.15, -0.1) is 10.2 Å². The Balaban J connectivity index is 1.33. The molecule has 0 radical (unpaired) electrons. The lowest BCUT2D eigenvalue weighted by Gasteiger charge is -2.36. The maximum atomic E-state index is 12.9. The van der Waals surface area contributed by atoms with Crippen molar-refractivity contribution in [3.05, 3.63) is 54.6 Å². The van der Waals surface area contributed by atoms with Crippen molar-refractivity contribution in [2.24, 2.45) is 0 Å². The largest absolute Gasteiger partial charge is 0.493 e. The van der Waals surface area contributed by atoms with E-state index < -0.39 is 6.10 Å². The van der Waals surface area contributed by atoms with Crippen LogP contribution in [-0.4, -0.2) is 69.9 Å². The van der Waals surface area contributed by atoms with Crippen LogP contribution in [0.15, 0.2) is 49.1 Å². The number of anilines is 1. The first-order valence-electron chi connectivity index (χ1n) is 10.2. The summed E-state index contributed by atoms with van der Waals surface area (Å²) in [6, 6.07) is 9.51. The maximum Gasteiger partial charge on any atom is 0.263 e. The van der Waals surface area contributed by atoms with E-state index in [0.717, 1.165) is 11.4 Å². The molecule has 1 aliphatic rings. The van der Waals surface area contributed by atoms with Crippen LogP contribution in [0.1, 0.15) is 12.5 Å². The molecule has 3 heterocycles. The zero-order valence-electron chi connectivity index (χ0n) is 17.9. The van der Waals surface area contributed by atoms with Gasteiger partial charge in [0.15, 0.2) is 29.2 Å². The first-order valence-corrected chi connectivity index (χ1v) is 10.2. The van der Waals surface area contributed by atoms with E-state index in [4.69, 9.17) is 9.47 Å². The number of ether oxygens (including phenoxy) is 2. The highest BCUT2D eigenvalue weighted by Gasteiger charge is 2.27. The van der Waals surface area contributed by atoms with Crippen LogP contribution in [0.2, 0.25) is 0 Å². The van der Waals surface area contributed by atoms with Gasteiger partial charge in [0.2, 0.25) is 0 Å². The Labute approximate surface area is 181 Å². The number of piperazine rings is 1.